The Kier molecular flexibility index (Phi) is 4.17. The van der Waals surface area contributed by atoms with Crippen LogP contribution < -0.4 is 10.1 Å². The van der Waals surface area contributed by atoms with Gasteiger partial charge in [-0.15, -0.1) is 0 Å². The van der Waals surface area contributed by atoms with Crippen molar-refractivity contribution >= 4 is 5.91 Å². The van der Waals surface area contributed by atoms with Gasteiger partial charge < -0.3 is 15.2 Å². The monoisotopic (exact) mass is 223 g/mol. The molecule has 0 saturated carbocycles. The second kappa shape index (κ2) is 5.39. The first-order chi connectivity index (χ1) is 7.58. The summed E-state index contributed by atoms with van der Waals surface area (Å²) in [6, 6.07) is 4.71. The van der Waals surface area contributed by atoms with Gasteiger partial charge >= 0.3 is 0 Å². The van der Waals surface area contributed by atoms with Gasteiger partial charge in [0.2, 0.25) is 0 Å². The number of phenolic OH excluding ortho intramolecular Hbond substituents is 1. The lowest BCUT2D eigenvalue weighted by Gasteiger charge is -2.12. The summed E-state index contributed by atoms with van der Waals surface area (Å²) in [5, 5.41) is 12.4. The molecule has 1 atom stereocenters. The van der Waals surface area contributed by atoms with Crippen molar-refractivity contribution in [3.05, 3.63) is 23.8 Å². The first kappa shape index (κ1) is 12.4. The SMILES string of the molecule is CC[C@H](C)NC(=O)c1ccc(OC)cc1O. The van der Waals surface area contributed by atoms with E-state index in [0.29, 0.717) is 5.75 Å². The fourth-order valence-corrected chi connectivity index (χ4v) is 1.23. The number of phenols is 1. The number of rotatable bonds is 4. The van der Waals surface area contributed by atoms with E-state index < -0.39 is 0 Å². The van der Waals surface area contributed by atoms with Crippen molar-refractivity contribution in [1.29, 1.82) is 0 Å². The van der Waals surface area contributed by atoms with Gasteiger partial charge in [0, 0.05) is 12.1 Å². The number of methoxy groups -OCH3 is 1. The zero-order valence-corrected chi connectivity index (χ0v) is 9.78. The van der Waals surface area contributed by atoms with Gasteiger partial charge in [0.1, 0.15) is 11.5 Å². The Morgan fingerprint density at radius 3 is 2.75 bits per heavy atom. The molecule has 0 spiro atoms. The number of amides is 1. The van der Waals surface area contributed by atoms with Crippen LogP contribution in [0.5, 0.6) is 11.5 Å². The van der Waals surface area contributed by atoms with Crippen LogP contribution in [0.25, 0.3) is 0 Å². The third kappa shape index (κ3) is 2.89. The van der Waals surface area contributed by atoms with Crippen LogP contribution in [0.1, 0.15) is 30.6 Å². The van der Waals surface area contributed by atoms with Gasteiger partial charge in [-0.3, -0.25) is 4.79 Å². The third-order valence-electron chi connectivity index (χ3n) is 2.44. The molecule has 1 amide bonds. The largest absolute Gasteiger partial charge is 0.507 e. The summed E-state index contributed by atoms with van der Waals surface area (Å²) >= 11 is 0. The maximum atomic E-state index is 11.7. The van der Waals surface area contributed by atoms with Crippen LogP contribution in [-0.2, 0) is 0 Å². The van der Waals surface area contributed by atoms with E-state index >= 15 is 0 Å². The van der Waals surface area contributed by atoms with E-state index in [4.69, 9.17) is 4.74 Å². The lowest BCUT2D eigenvalue weighted by Crippen LogP contribution is -2.31. The summed E-state index contributed by atoms with van der Waals surface area (Å²) in [5.74, 6) is 0.187. The van der Waals surface area contributed by atoms with Gasteiger partial charge in [0.05, 0.1) is 12.7 Å². The highest BCUT2D eigenvalue weighted by Gasteiger charge is 2.13. The molecular formula is C12H17NO3. The zero-order valence-electron chi connectivity index (χ0n) is 9.78. The molecule has 0 bridgehead atoms. The summed E-state index contributed by atoms with van der Waals surface area (Å²) in [6.07, 6.45) is 0.850. The first-order valence-electron chi connectivity index (χ1n) is 5.26. The Morgan fingerprint density at radius 1 is 1.56 bits per heavy atom. The van der Waals surface area contributed by atoms with Crippen molar-refractivity contribution < 1.29 is 14.6 Å². The second-order valence-electron chi connectivity index (χ2n) is 3.67. The summed E-state index contributed by atoms with van der Waals surface area (Å²) in [6.45, 7) is 3.90. The molecule has 0 aliphatic heterocycles. The minimum Gasteiger partial charge on any atom is -0.507 e. The summed E-state index contributed by atoms with van der Waals surface area (Å²) in [4.78, 5) is 11.7. The fraction of sp³-hybridized carbons (Fsp3) is 0.417. The molecule has 0 fully saturated rings. The molecule has 0 radical (unpaired) electrons. The summed E-state index contributed by atoms with van der Waals surface area (Å²) in [5.41, 5.74) is 0.265. The predicted octanol–water partition coefficient (Wildman–Crippen LogP) is 1.93. The second-order valence-corrected chi connectivity index (χ2v) is 3.67. The van der Waals surface area contributed by atoms with E-state index in [1.165, 1.54) is 13.2 Å². The number of carbonyl (C=O) groups is 1. The predicted molar refractivity (Wildman–Crippen MR) is 61.9 cm³/mol. The Labute approximate surface area is 95.2 Å². The van der Waals surface area contributed by atoms with Crippen molar-refractivity contribution in [2.45, 2.75) is 26.3 Å². The van der Waals surface area contributed by atoms with Crippen molar-refractivity contribution in [1.82, 2.24) is 5.32 Å². The average Bonchev–Trinajstić information content (AvgIpc) is 2.28. The van der Waals surface area contributed by atoms with Crippen LogP contribution >= 0.6 is 0 Å². The highest BCUT2D eigenvalue weighted by Crippen LogP contribution is 2.23. The average molecular weight is 223 g/mol. The van der Waals surface area contributed by atoms with Crippen molar-refractivity contribution in [3.8, 4) is 11.5 Å². The van der Waals surface area contributed by atoms with Gasteiger partial charge in [0.15, 0.2) is 0 Å². The standard InChI is InChI=1S/C12H17NO3/c1-4-8(2)13-12(15)10-6-5-9(16-3)7-11(10)14/h5-8,14H,4H2,1-3H3,(H,13,15)/t8-/m0/s1. The summed E-state index contributed by atoms with van der Waals surface area (Å²) in [7, 11) is 1.51. The van der Waals surface area contributed by atoms with Crippen LogP contribution in [0.4, 0.5) is 0 Å². The van der Waals surface area contributed by atoms with Crippen molar-refractivity contribution in [3.63, 3.8) is 0 Å². The highest BCUT2D eigenvalue weighted by atomic mass is 16.5. The Balaban J connectivity index is 2.84. The molecule has 1 rings (SSSR count). The highest BCUT2D eigenvalue weighted by molar-refractivity contribution is 5.97. The molecule has 16 heavy (non-hydrogen) atoms. The maximum Gasteiger partial charge on any atom is 0.255 e. The van der Waals surface area contributed by atoms with Gasteiger partial charge in [-0.25, -0.2) is 0 Å². The van der Waals surface area contributed by atoms with E-state index in [0.717, 1.165) is 6.42 Å². The number of ether oxygens (including phenoxy) is 1. The van der Waals surface area contributed by atoms with Gasteiger partial charge in [-0.05, 0) is 25.5 Å². The van der Waals surface area contributed by atoms with E-state index in [1.807, 2.05) is 13.8 Å². The first-order valence-corrected chi connectivity index (χ1v) is 5.26. The number of carbonyl (C=O) groups excluding carboxylic acids is 1. The Hall–Kier alpha value is -1.71. The molecule has 4 nitrogen and oxygen atoms in total. The minimum absolute atomic E-state index is 0.0693. The summed E-state index contributed by atoms with van der Waals surface area (Å²) < 4.78 is 4.94. The molecule has 0 aromatic heterocycles. The lowest BCUT2D eigenvalue weighted by molar-refractivity contribution is 0.0936. The number of hydrogen-bond acceptors (Lipinski definition) is 3. The quantitative estimate of drug-likeness (QED) is 0.820. The molecule has 2 N–H and O–H groups in total. The van der Waals surface area contributed by atoms with E-state index in [9.17, 15) is 9.90 Å². The smallest absolute Gasteiger partial charge is 0.255 e. The fourth-order valence-electron chi connectivity index (χ4n) is 1.23. The zero-order chi connectivity index (χ0) is 12.1. The number of nitrogens with one attached hydrogen (secondary N) is 1. The third-order valence-corrected chi connectivity index (χ3v) is 2.44. The van der Waals surface area contributed by atoms with Gasteiger partial charge in [-0.2, -0.15) is 0 Å². The molecule has 0 aliphatic rings. The molecule has 0 saturated heterocycles. The minimum atomic E-state index is -0.269. The number of benzene rings is 1. The molecule has 1 aromatic carbocycles. The van der Waals surface area contributed by atoms with Crippen molar-refractivity contribution in [2.75, 3.05) is 7.11 Å². The van der Waals surface area contributed by atoms with Crippen LogP contribution in [0.3, 0.4) is 0 Å². The van der Waals surface area contributed by atoms with Crippen LogP contribution in [0, 0.1) is 0 Å². The van der Waals surface area contributed by atoms with Gasteiger partial charge in [0.25, 0.3) is 5.91 Å². The molecule has 0 unspecified atom stereocenters. The molecule has 1 aromatic rings. The van der Waals surface area contributed by atoms with Gasteiger partial charge in [-0.1, -0.05) is 6.92 Å². The molecule has 4 heteroatoms. The maximum absolute atomic E-state index is 11.7. The topological polar surface area (TPSA) is 58.6 Å². The van der Waals surface area contributed by atoms with E-state index in [1.54, 1.807) is 12.1 Å². The molecule has 0 aliphatic carbocycles. The van der Waals surface area contributed by atoms with E-state index in [2.05, 4.69) is 5.32 Å². The van der Waals surface area contributed by atoms with Crippen LogP contribution in [0.15, 0.2) is 18.2 Å². The molecular weight excluding hydrogens is 206 g/mol. The Bertz CT molecular complexity index is 377. The molecule has 0 heterocycles. The Morgan fingerprint density at radius 2 is 2.25 bits per heavy atom. The van der Waals surface area contributed by atoms with E-state index in [-0.39, 0.29) is 23.3 Å². The normalized spacial score (nSPS) is 11.9. The number of aromatic hydroxyl groups is 1. The van der Waals surface area contributed by atoms with Crippen LogP contribution in [-0.4, -0.2) is 24.2 Å². The lowest BCUT2D eigenvalue weighted by atomic mass is 10.1. The number of hydrogen-bond donors (Lipinski definition) is 2. The van der Waals surface area contributed by atoms with Crippen LogP contribution in [0.2, 0.25) is 0 Å². The van der Waals surface area contributed by atoms with Crippen molar-refractivity contribution in [2.24, 2.45) is 0 Å². The molecule has 88 valence electrons.